The molecule has 0 unspecified atom stereocenters. The van der Waals surface area contributed by atoms with Gasteiger partial charge in [0.15, 0.2) is 5.65 Å². The summed E-state index contributed by atoms with van der Waals surface area (Å²) in [6.45, 7) is 3.17. The topological polar surface area (TPSA) is 69.6 Å². The van der Waals surface area contributed by atoms with Crippen LogP contribution in [0.4, 0.5) is 5.82 Å². The molecule has 0 aromatic carbocycles. The maximum atomic E-state index is 5.81. The molecule has 0 fully saturated rings. The SMILES string of the molecule is CCCCCCCCCCCn1ncc2c(N)ncnc21. The Labute approximate surface area is 127 Å². The van der Waals surface area contributed by atoms with Crippen molar-refractivity contribution in [1.29, 1.82) is 0 Å². The first kappa shape index (κ1) is 15.7. The van der Waals surface area contributed by atoms with Crippen LogP contribution in [0.1, 0.15) is 64.7 Å². The van der Waals surface area contributed by atoms with Crippen molar-refractivity contribution in [3.05, 3.63) is 12.5 Å². The fourth-order valence-electron chi connectivity index (χ4n) is 2.65. The number of hydrogen-bond acceptors (Lipinski definition) is 4. The average Bonchev–Trinajstić information content (AvgIpc) is 2.90. The molecule has 0 aliphatic rings. The average molecular weight is 289 g/mol. The highest BCUT2D eigenvalue weighted by Crippen LogP contribution is 2.16. The van der Waals surface area contributed by atoms with E-state index in [2.05, 4.69) is 22.0 Å². The van der Waals surface area contributed by atoms with Gasteiger partial charge in [-0.3, -0.25) is 0 Å². The predicted molar refractivity (Wildman–Crippen MR) is 87.0 cm³/mol. The van der Waals surface area contributed by atoms with Crippen molar-refractivity contribution in [2.75, 3.05) is 5.73 Å². The van der Waals surface area contributed by atoms with Crippen LogP contribution in [0.25, 0.3) is 11.0 Å². The molecular weight excluding hydrogens is 262 g/mol. The monoisotopic (exact) mass is 289 g/mol. The van der Waals surface area contributed by atoms with Crippen LogP contribution in [0.2, 0.25) is 0 Å². The van der Waals surface area contributed by atoms with E-state index in [1.165, 1.54) is 57.7 Å². The zero-order valence-corrected chi connectivity index (χ0v) is 13.1. The highest BCUT2D eigenvalue weighted by molar-refractivity contribution is 5.84. The summed E-state index contributed by atoms with van der Waals surface area (Å²) in [6, 6.07) is 0. The van der Waals surface area contributed by atoms with Crippen LogP contribution in [0.15, 0.2) is 12.5 Å². The van der Waals surface area contributed by atoms with E-state index in [4.69, 9.17) is 5.73 Å². The molecule has 116 valence electrons. The maximum absolute atomic E-state index is 5.81. The first-order chi connectivity index (χ1) is 10.3. The Morgan fingerprint density at radius 2 is 1.62 bits per heavy atom. The van der Waals surface area contributed by atoms with Crippen LogP contribution in [0.3, 0.4) is 0 Å². The van der Waals surface area contributed by atoms with E-state index in [9.17, 15) is 0 Å². The summed E-state index contributed by atoms with van der Waals surface area (Å²) < 4.78 is 1.94. The summed E-state index contributed by atoms with van der Waals surface area (Å²) in [5.41, 5.74) is 6.66. The Morgan fingerprint density at radius 3 is 2.33 bits per heavy atom. The van der Waals surface area contributed by atoms with Crippen molar-refractivity contribution in [3.63, 3.8) is 0 Å². The molecule has 0 atom stereocenters. The zero-order chi connectivity index (χ0) is 14.9. The molecule has 2 heterocycles. The van der Waals surface area contributed by atoms with Gasteiger partial charge in [0.05, 0.1) is 11.6 Å². The highest BCUT2D eigenvalue weighted by atomic mass is 15.3. The molecule has 0 spiro atoms. The molecule has 0 radical (unpaired) electrons. The van der Waals surface area contributed by atoms with Crippen LogP contribution in [0.5, 0.6) is 0 Å². The molecule has 5 nitrogen and oxygen atoms in total. The van der Waals surface area contributed by atoms with E-state index in [1.807, 2.05) is 4.68 Å². The second-order valence-electron chi connectivity index (χ2n) is 5.69. The number of hydrogen-bond donors (Lipinski definition) is 1. The second kappa shape index (κ2) is 8.60. The van der Waals surface area contributed by atoms with Crippen molar-refractivity contribution < 1.29 is 0 Å². The van der Waals surface area contributed by atoms with Gasteiger partial charge in [0.1, 0.15) is 12.1 Å². The molecule has 2 rings (SSSR count). The van der Waals surface area contributed by atoms with Crippen LogP contribution in [-0.2, 0) is 6.54 Å². The molecule has 2 N–H and O–H groups in total. The van der Waals surface area contributed by atoms with Gasteiger partial charge in [-0.15, -0.1) is 0 Å². The Kier molecular flexibility index (Phi) is 6.44. The molecule has 2 aromatic heterocycles. The summed E-state index contributed by atoms with van der Waals surface area (Å²) in [7, 11) is 0. The summed E-state index contributed by atoms with van der Waals surface area (Å²) in [5, 5.41) is 5.21. The standard InChI is InChI=1S/C16H27N5/c1-2-3-4-5-6-7-8-9-10-11-21-16-14(12-20-21)15(17)18-13-19-16/h12-13H,2-11H2,1H3,(H2,17,18,19). The van der Waals surface area contributed by atoms with Gasteiger partial charge in [-0.25, -0.2) is 14.6 Å². The molecule has 0 saturated heterocycles. The number of nitrogens with two attached hydrogens (primary N) is 1. The van der Waals surface area contributed by atoms with Gasteiger partial charge in [-0.1, -0.05) is 58.3 Å². The zero-order valence-electron chi connectivity index (χ0n) is 13.1. The lowest BCUT2D eigenvalue weighted by Gasteiger charge is -2.04. The van der Waals surface area contributed by atoms with E-state index in [-0.39, 0.29) is 0 Å². The number of aryl methyl sites for hydroxylation is 1. The number of nitrogen functional groups attached to an aromatic ring is 1. The normalized spacial score (nSPS) is 11.3. The van der Waals surface area contributed by atoms with Gasteiger partial charge < -0.3 is 5.73 Å². The van der Waals surface area contributed by atoms with Gasteiger partial charge >= 0.3 is 0 Å². The molecule has 5 heteroatoms. The Bertz CT molecular complexity index is 534. The number of rotatable bonds is 10. The van der Waals surface area contributed by atoms with E-state index in [0.29, 0.717) is 5.82 Å². The third kappa shape index (κ3) is 4.69. The molecule has 0 saturated carbocycles. The summed E-state index contributed by atoms with van der Waals surface area (Å²) in [5.74, 6) is 0.512. The van der Waals surface area contributed by atoms with E-state index in [1.54, 1.807) is 6.20 Å². The molecule has 0 bridgehead atoms. The van der Waals surface area contributed by atoms with Crippen LogP contribution >= 0.6 is 0 Å². The minimum Gasteiger partial charge on any atom is -0.383 e. The van der Waals surface area contributed by atoms with Gasteiger partial charge in [0, 0.05) is 6.54 Å². The minimum absolute atomic E-state index is 0.512. The third-order valence-electron chi connectivity index (χ3n) is 3.94. The molecule has 0 amide bonds. The van der Waals surface area contributed by atoms with Crippen molar-refractivity contribution in [3.8, 4) is 0 Å². The van der Waals surface area contributed by atoms with Crippen molar-refractivity contribution in [1.82, 2.24) is 19.7 Å². The highest BCUT2D eigenvalue weighted by Gasteiger charge is 2.06. The molecule has 0 aliphatic carbocycles. The molecule has 21 heavy (non-hydrogen) atoms. The fourth-order valence-corrected chi connectivity index (χ4v) is 2.65. The lowest BCUT2D eigenvalue weighted by atomic mass is 10.1. The first-order valence-corrected chi connectivity index (χ1v) is 8.25. The van der Waals surface area contributed by atoms with Crippen LogP contribution in [0, 0.1) is 0 Å². The van der Waals surface area contributed by atoms with Gasteiger partial charge in [0.25, 0.3) is 0 Å². The fraction of sp³-hybridized carbons (Fsp3) is 0.688. The summed E-state index contributed by atoms with van der Waals surface area (Å²) in [6.07, 6.45) is 15.2. The predicted octanol–water partition coefficient (Wildman–Crippen LogP) is 3.94. The van der Waals surface area contributed by atoms with Crippen molar-refractivity contribution in [2.24, 2.45) is 0 Å². The van der Waals surface area contributed by atoms with E-state index >= 15 is 0 Å². The van der Waals surface area contributed by atoms with E-state index < -0.39 is 0 Å². The second-order valence-corrected chi connectivity index (χ2v) is 5.69. The lowest BCUT2D eigenvalue weighted by Crippen LogP contribution is -2.02. The third-order valence-corrected chi connectivity index (χ3v) is 3.94. The summed E-state index contributed by atoms with van der Waals surface area (Å²) in [4.78, 5) is 8.25. The lowest BCUT2D eigenvalue weighted by molar-refractivity contribution is 0.523. The molecular formula is C16H27N5. The largest absolute Gasteiger partial charge is 0.383 e. The molecule has 2 aromatic rings. The van der Waals surface area contributed by atoms with Crippen LogP contribution in [-0.4, -0.2) is 19.7 Å². The van der Waals surface area contributed by atoms with Gasteiger partial charge in [-0.05, 0) is 6.42 Å². The Balaban J connectivity index is 1.63. The Hall–Kier alpha value is -1.65. The van der Waals surface area contributed by atoms with E-state index in [0.717, 1.165) is 24.0 Å². The quantitative estimate of drug-likeness (QED) is 0.673. The number of unbranched alkanes of at least 4 members (excludes halogenated alkanes) is 8. The van der Waals surface area contributed by atoms with Crippen molar-refractivity contribution >= 4 is 16.9 Å². The number of anilines is 1. The molecule has 0 aliphatic heterocycles. The van der Waals surface area contributed by atoms with Gasteiger partial charge in [-0.2, -0.15) is 5.10 Å². The smallest absolute Gasteiger partial charge is 0.163 e. The first-order valence-electron chi connectivity index (χ1n) is 8.25. The number of nitrogens with zero attached hydrogens (tertiary/aromatic N) is 4. The number of fused-ring (bicyclic) bond motifs is 1. The number of aromatic nitrogens is 4. The minimum atomic E-state index is 0.512. The maximum Gasteiger partial charge on any atom is 0.163 e. The Morgan fingerprint density at radius 1 is 0.952 bits per heavy atom. The van der Waals surface area contributed by atoms with Crippen molar-refractivity contribution in [2.45, 2.75) is 71.3 Å². The summed E-state index contributed by atoms with van der Waals surface area (Å²) >= 11 is 0. The van der Waals surface area contributed by atoms with Gasteiger partial charge in [0.2, 0.25) is 0 Å². The van der Waals surface area contributed by atoms with Crippen LogP contribution < -0.4 is 5.73 Å².